The molecule has 0 aliphatic carbocycles. The minimum Gasteiger partial charge on any atom is -0.346 e. The lowest BCUT2D eigenvalue weighted by Crippen LogP contribution is -2.34. The zero-order valence-electron chi connectivity index (χ0n) is 11.9. The summed E-state index contributed by atoms with van der Waals surface area (Å²) in [6.07, 6.45) is -1.79. The number of thiazole rings is 1. The quantitative estimate of drug-likeness (QED) is 0.842. The third kappa shape index (κ3) is 3.24. The Morgan fingerprint density at radius 2 is 2.18 bits per heavy atom. The van der Waals surface area contributed by atoms with Gasteiger partial charge in [-0.25, -0.2) is 9.97 Å². The van der Waals surface area contributed by atoms with Gasteiger partial charge in [0.2, 0.25) is 5.13 Å². The smallest absolute Gasteiger partial charge is 0.346 e. The number of alkyl halides is 3. The third-order valence-electron chi connectivity index (χ3n) is 3.63. The van der Waals surface area contributed by atoms with Gasteiger partial charge in [-0.2, -0.15) is 17.5 Å². The first kappa shape index (κ1) is 15.7. The summed E-state index contributed by atoms with van der Waals surface area (Å²) in [5, 5.41) is 2.53. The van der Waals surface area contributed by atoms with Crippen molar-refractivity contribution < 1.29 is 13.2 Å². The molecule has 0 saturated carbocycles. The summed E-state index contributed by atoms with van der Waals surface area (Å²) >= 11 is 2.45. The maximum atomic E-state index is 12.7. The number of anilines is 1. The molecule has 1 fully saturated rings. The second kappa shape index (κ2) is 6.11. The van der Waals surface area contributed by atoms with E-state index in [9.17, 15) is 13.2 Å². The van der Waals surface area contributed by atoms with Crippen molar-refractivity contribution >= 4 is 28.0 Å². The van der Waals surface area contributed by atoms with Crippen molar-refractivity contribution in [2.24, 2.45) is 0 Å². The van der Waals surface area contributed by atoms with E-state index in [2.05, 4.69) is 19.2 Å². The van der Waals surface area contributed by atoms with Gasteiger partial charge >= 0.3 is 6.18 Å². The molecule has 0 bridgehead atoms. The topological polar surface area (TPSA) is 41.9 Å². The van der Waals surface area contributed by atoms with Crippen LogP contribution in [0.3, 0.4) is 0 Å². The molecule has 0 aromatic carbocycles. The molecule has 0 radical (unpaired) electrons. The van der Waals surface area contributed by atoms with E-state index >= 15 is 0 Å². The molecule has 9 heteroatoms. The average Bonchev–Trinajstić information content (AvgIpc) is 3.16. The first-order valence-corrected chi connectivity index (χ1v) is 8.73. The first-order valence-electron chi connectivity index (χ1n) is 7.07. The van der Waals surface area contributed by atoms with Gasteiger partial charge in [0, 0.05) is 42.3 Å². The second-order valence-corrected chi connectivity index (χ2v) is 6.82. The van der Waals surface area contributed by atoms with Crippen molar-refractivity contribution in [3.63, 3.8) is 0 Å². The van der Waals surface area contributed by atoms with Crippen LogP contribution in [0.15, 0.2) is 5.38 Å². The van der Waals surface area contributed by atoms with Crippen molar-refractivity contribution in [3.05, 3.63) is 21.9 Å². The lowest BCUT2D eigenvalue weighted by atomic mass is 9.99. The summed E-state index contributed by atoms with van der Waals surface area (Å²) in [6, 6.07) is 0. The highest BCUT2D eigenvalue weighted by Crippen LogP contribution is 2.36. The van der Waals surface area contributed by atoms with E-state index in [0.717, 1.165) is 53.5 Å². The normalized spacial score (nSPS) is 19.6. The van der Waals surface area contributed by atoms with Crippen molar-refractivity contribution in [2.45, 2.75) is 38.3 Å². The molecule has 2 aromatic heterocycles. The molecule has 120 valence electrons. The molecule has 22 heavy (non-hydrogen) atoms. The van der Waals surface area contributed by atoms with Crippen LogP contribution in [0, 0.1) is 0 Å². The summed E-state index contributed by atoms with van der Waals surface area (Å²) in [5.74, 6) is 0.847. The molecule has 0 spiro atoms. The Bertz CT molecular complexity index is 637. The van der Waals surface area contributed by atoms with E-state index in [1.807, 2.05) is 6.92 Å². The van der Waals surface area contributed by atoms with Gasteiger partial charge in [-0.3, -0.25) is 0 Å². The Balaban J connectivity index is 1.74. The SMILES string of the molecule is CCc1nsc(N2CCCC(c3nc(C(F)(F)F)cs3)C2)n1. The minimum absolute atomic E-state index is 0.0313. The Kier molecular flexibility index (Phi) is 4.35. The number of halogens is 3. The van der Waals surface area contributed by atoms with Crippen molar-refractivity contribution in [3.8, 4) is 0 Å². The van der Waals surface area contributed by atoms with E-state index in [1.54, 1.807) is 0 Å². The Hall–Kier alpha value is -1.22. The molecule has 0 amide bonds. The highest BCUT2D eigenvalue weighted by molar-refractivity contribution is 7.10. The number of hydrogen-bond donors (Lipinski definition) is 0. The average molecular weight is 348 g/mol. The van der Waals surface area contributed by atoms with Crippen LogP contribution in [-0.2, 0) is 12.6 Å². The second-order valence-electron chi connectivity index (χ2n) is 5.20. The number of rotatable bonds is 3. The molecule has 1 unspecified atom stereocenters. The monoisotopic (exact) mass is 348 g/mol. The molecule has 1 aliphatic heterocycles. The molecule has 3 rings (SSSR count). The van der Waals surface area contributed by atoms with Gasteiger partial charge in [-0.1, -0.05) is 6.92 Å². The number of hydrogen-bond acceptors (Lipinski definition) is 6. The minimum atomic E-state index is -4.36. The van der Waals surface area contributed by atoms with Crippen molar-refractivity contribution in [1.29, 1.82) is 0 Å². The van der Waals surface area contributed by atoms with Crippen LogP contribution in [-0.4, -0.2) is 27.4 Å². The van der Waals surface area contributed by atoms with E-state index in [0.29, 0.717) is 11.6 Å². The van der Waals surface area contributed by atoms with Gasteiger partial charge in [0.1, 0.15) is 5.82 Å². The zero-order chi connectivity index (χ0) is 15.7. The molecular formula is C13H15F3N4S2. The lowest BCUT2D eigenvalue weighted by molar-refractivity contribution is -0.140. The van der Waals surface area contributed by atoms with Gasteiger partial charge in [-0.15, -0.1) is 11.3 Å². The van der Waals surface area contributed by atoms with Crippen LogP contribution < -0.4 is 4.90 Å². The van der Waals surface area contributed by atoms with E-state index in [1.165, 1.54) is 11.5 Å². The van der Waals surface area contributed by atoms with E-state index < -0.39 is 11.9 Å². The molecule has 3 heterocycles. The lowest BCUT2D eigenvalue weighted by Gasteiger charge is -2.31. The fraction of sp³-hybridized carbons (Fsp3) is 0.615. The highest BCUT2D eigenvalue weighted by atomic mass is 32.1. The zero-order valence-corrected chi connectivity index (χ0v) is 13.6. The van der Waals surface area contributed by atoms with Gasteiger partial charge in [-0.05, 0) is 12.8 Å². The van der Waals surface area contributed by atoms with E-state index in [-0.39, 0.29) is 5.92 Å². The summed E-state index contributed by atoms with van der Waals surface area (Å²) in [7, 11) is 0. The molecular weight excluding hydrogens is 333 g/mol. The van der Waals surface area contributed by atoms with Crippen LogP contribution in [0.2, 0.25) is 0 Å². The summed E-state index contributed by atoms with van der Waals surface area (Å²) in [4.78, 5) is 10.4. The Morgan fingerprint density at radius 1 is 1.36 bits per heavy atom. The predicted molar refractivity (Wildman–Crippen MR) is 80.6 cm³/mol. The van der Waals surface area contributed by atoms with Gasteiger partial charge in [0.25, 0.3) is 0 Å². The van der Waals surface area contributed by atoms with Gasteiger partial charge < -0.3 is 4.90 Å². The molecule has 1 atom stereocenters. The summed E-state index contributed by atoms with van der Waals surface area (Å²) in [6.45, 7) is 3.52. The number of aryl methyl sites for hydroxylation is 1. The van der Waals surface area contributed by atoms with Crippen LogP contribution in [0.5, 0.6) is 0 Å². The van der Waals surface area contributed by atoms with Crippen LogP contribution in [0.25, 0.3) is 0 Å². The number of aromatic nitrogens is 3. The van der Waals surface area contributed by atoms with E-state index in [4.69, 9.17) is 0 Å². The Labute approximate surface area is 134 Å². The van der Waals surface area contributed by atoms with Crippen LogP contribution in [0.4, 0.5) is 18.3 Å². The fourth-order valence-electron chi connectivity index (χ4n) is 2.47. The summed E-state index contributed by atoms with van der Waals surface area (Å²) in [5.41, 5.74) is -0.784. The van der Waals surface area contributed by atoms with Crippen molar-refractivity contribution in [2.75, 3.05) is 18.0 Å². The largest absolute Gasteiger partial charge is 0.434 e. The molecule has 1 saturated heterocycles. The molecule has 0 N–H and O–H groups in total. The predicted octanol–water partition coefficient (Wildman–Crippen LogP) is 3.96. The first-order chi connectivity index (χ1) is 10.5. The van der Waals surface area contributed by atoms with Crippen molar-refractivity contribution in [1.82, 2.24) is 14.3 Å². The molecule has 1 aliphatic rings. The maximum absolute atomic E-state index is 12.7. The number of piperidine rings is 1. The molecule has 2 aromatic rings. The van der Waals surface area contributed by atoms with Crippen LogP contribution >= 0.6 is 22.9 Å². The summed E-state index contributed by atoms with van der Waals surface area (Å²) < 4.78 is 42.3. The molecule has 4 nitrogen and oxygen atoms in total. The van der Waals surface area contributed by atoms with Gasteiger partial charge in [0.05, 0.1) is 5.01 Å². The van der Waals surface area contributed by atoms with Gasteiger partial charge in [0.15, 0.2) is 5.69 Å². The third-order valence-corrected chi connectivity index (χ3v) is 5.45. The Morgan fingerprint density at radius 3 is 2.82 bits per heavy atom. The fourth-order valence-corrected chi connectivity index (χ4v) is 4.21. The standard InChI is InChI=1S/C13H15F3N4S2/c1-2-10-18-12(22-19-10)20-5-3-4-8(6-20)11-17-9(7-21-11)13(14,15)16/h7-8H,2-6H2,1H3. The van der Waals surface area contributed by atoms with Crippen LogP contribution in [0.1, 0.15) is 42.2 Å². The number of nitrogens with zero attached hydrogens (tertiary/aromatic N) is 4. The maximum Gasteiger partial charge on any atom is 0.434 e. The highest BCUT2D eigenvalue weighted by Gasteiger charge is 2.35.